The minimum atomic E-state index is -4.45. The average Bonchev–Trinajstić information content (AvgIpc) is 2.50. The Morgan fingerprint density at radius 3 is 2.25 bits per heavy atom. The van der Waals surface area contributed by atoms with E-state index in [-0.39, 0.29) is 16.9 Å². The van der Waals surface area contributed by atoms with Gasteiger partial charge in [-0.3, -0.25) is 4.55 Å². The van der Waals surface area contributed by atoms with Crippen LogP contribution in [0.5, 0.6) is 5.75 Å². The molecule has 2 rings (SSSR count). The Morgan fingerprint density at radius 1 is 1.04 bits per heavy atom. The summed E-state index contributed by atoms with van der Waals surface area (Å²) < 4.78 is 36.9. The zero-order valence-electron chi connectivity index (χ0n) is 12.8. The van der Waals surface area contributed by atoms with Gasteiger partial charge in [0.15, 0.2) is 0 Å². The molecule has 0 bridgehead atoms. The van der Waals surface area contributed by atoms with Gasteiger partial charge in [-0.05, 0) is 49.2 Å². The largest absolute Gasteiger partial charge is 0.478 e. The van der Waals surface area contributed by atoms with Crippen LogP contribution < -0.4 is 4.74 Å². The molecule has 126 valence electrons. The lowest BCUT2D eigenvalue weighted by molar-refractivity contribution is 0.0697. The summed E-state index contributed by atoms with van der Waals surface area (Å²) in [6.07, 6.45) is 0. The van der Waals surface area contributed by atoms with Crippen molar-refractivity contribution in [3.05, 3.63) is 58.7 Å². The van der Waals surface area contributed by atoms with Gasteiger partial charge in [0.1, 0.15) is 5.75 Å². The summed E-state index contributed by atoms with van der Waals surface area (Å²) in [6.45, 7) is 3.23. The Balaban J connectivity index is 2.41. The summed E-state index contributed by atoms with van der Waals surface area (Å²) in [4.78, 5) is 22.7. The van der Waals surface area contributed by atoms with Crippen LogP contribution in [0.4, 0.5) is 0 Å². The van der Waals surface area contributed by atoms with Crippen molar-refractivity contribution in [3.63, 3.8) is 0 Å². The second-order valence-electron chi connectivity index (χ2n) is 5.11. The van der Waals surface area contributed by atoms with Crippen LogP contribution in [-0.4, -0.2) is 30.0 Å². The lowest BCUT2D eigenvalue weighted by Crippen LogP contribution is -2.12. The normalized spacial score (nSPS) is 11.1. The average molecular weight is 350 g/mol. The molecule has 0 aliphatic rings. The van der Waals surface area contributed by atoms with Gasteiger partial charge in [-0.15, -0.1) is 0 Å². The third-order valence-corrected chi connectivity index (χ3v) is 4.27. The number of carboxylic acids is 1. The molecule has 2 aromatic carbocycles. The molecule has 0 aromatic heterocycles. The Kier molecular flexibility index (Phi) is 4.72. The smallest absolute Gasteiger partial charge is 0.343 e. The number of carboxylic acid groups (broad SMARTS) is 1. The van der Waals surface area contributed by atoms with Gasteiger partial charge in [0, 0.05) is 6.07 Å². The Hall–Kier alpha value is -2.71. The zero-order chi connectivity index (χ0) is 18.1. The van der Waals surface area contributed by atoms with E-state index < -0.39 is 27.0 Å². The SMILES string of the molecule is Cc1cc(S(=O)(=O)O)cc(OC(=O)c2cccc(C(=O)O)c2)c1C. The van der Waals surface area contributed by atoms with Crippen molar-refractivity contribution in [2.24, 2.45) is 0 Å². The van der Waals surface area contributed by atoms with Crippen LogP contribution >= 0.6 is 0 Å². The number of carbonyl (C=O) groups excluding carboxylic acids is 1. The fourth-order valence-electron chi connectivity index (χ4n) is 1.99. The van der Waals surface area contributed by atoms with E-state index in [1.165, 1.54) is 24.3 Å². The van der Waals surface area contributed by atoms with Crippen LogP contribution in [0.1, 0.15) is 31.8 Å². The van der Waals surface area contributed by atoms with Crippen LogP contribution in [0, 0.1) is 13.8 Å². The number of carbonyl (C=O) groups is 2. The van der Waals surface area contributed by atoms with E-state index in [4.69, 9.17) is 14.4 Å². The molecule has 0 fully saturated rings. The molecule has 24 heavy (non-hydrogen) atoms. The van der Waals surface area contributed by atoms with Gasteiger partial charge < -0.3 is 9.84 Å². The minimum absolute atomic E-state index is 0.00390. The first-order valence-corrected chi connectivity index (χ1v) is 8.18. The summed E-state index contributed by atoms with van der Waals surface area (Å²) in [5, 5.41) is 8.94. The first kappa shape index (κ1) is 17.6. The molecule has 0 saturated heterocycles. The summed E-state index contributed by atoms with van der Waals surface area (Å²) >= 11 is 0. The molecule has 0 aliphatic heterocycles. The number of hydrogen-bond acceptors (Lipinski definition) is 5. The molecule has 0 aliphatic carbocycles. The maximum absolute atomic E-state index is 12.2. The lowest BCUT2D eigenvalue weighted by atomic mass is 10.1. The monoisotopic (exact) mass is 350 g/mol. The van der Waals surface area contributed by atoms with Crippen LogP contribution in [0.3, 0.4) is 0 Å². The number of hydrogen-bond donors (Lipinski definition) is 2. The molecule has 2 aromatic rings. The van der Waals surface area contributed by atoms with Crippen LogP contribution in [0.25, 0.3) is 0 Å². The topological polar surface area (TPSA) is 118 Å². The highest BCUT2D eigenvalue weighted by atomic mass is 32.2. The maximum Gasteiger partial charge on any atom is 0.343 e. The lowest BCUT2D eigenvalue weighted by Gasteiger charge is -2.11. The number of esters is 1. The highest BCUT2D eigenvalue weighted by Crippen LogP contribution is 2.27. The molecule has 0 unspecified atom stereocenters. The summed E-state index contributed by atoms with van der Waals surface area (Å²) in [7, 11) is -4.45. The molecule has 0 saturated carbocycles. The van der Waals surface area contributed by atoms with Gasteiger partial charge in [0.2, 0.25) is 0 Å². The van der Waals surface area contributed by atoms with Crippen LogP contribution in [0.2, 0.25) is 0 Å². The number of rotatable bonds is 4. The van der Waals surface area contributed by atoms with E-state index in [2.05, 4.69) is 0 Å². The van der Waals surface area contributed by atoms with Crippen molar-refractivity contribution < 1.29 is 32.4 Å². The van der Waals surface area contributed by atoms with Gasteiger partial charge in [0.05, 0.1) is 16.0 Å². The number of aromatic carboxylic acids is 1. The highest BCUT2D eigenvalue weighted by molar-refractivity contribution is 7.85. The molecule has 7 nitrogen and oxygen atoms in total. The molecule has 0 spiro atoms. The third kappa shape index (κ3) is 3.79. The standard InChI is InChI=1S/C16H14O7S/c1-9-6-13(24(20,21)22)8-14(10(9)2)23-16(19)12-5-3-4-11(7-12)15(17)18/h3-8H,1-2H3,(H,17,18)(H,20,21,22). The predicted octanol–water partition coefficient (Wildman–Crippen LogP) is 2.47. The highest BCUT2D eigenvalue weighted by Gasteiger charge is 2.18. The van der Waals surface area contributed by atoms with E-state index in [0.29, 0.717) is 11.1 Å². The van der Waals surface area contributed by atoms with Gasteiger partial charge in [-0.25, -0.2) is 9.59 Å². The van der Waals surface area contributed by atoms with Gasteiger partial charge in [-0.1, -0.05) is 6.07 Å². The fraction of sp³-hybridized carbons (Fsp3) is 0.125. The summed E-state index contributed by atoms with van der Waals surface area (Å²) in [5.41, 5.74) is 0.950. The first-order chi connectivity index (χ1) is 11.1. The van der Waals surface area contributed by atoms with Crippen molar-refractivity contribution in [1.29, 1.82) is 0 Å². The molecule has 0 heterocycles. The van der Waals surface area contributed by atoms with Crippen molar-refractivity contribution in [3.8, 4) is 5.75 Å². The molecular weight excluding hydrogens is 336 g/mol. The van der Waals surface area contributed by atoms with Crippen molar-refractivity contribution in [2.75, 3.05) is 0 Å². The van der Waals surface area contributed by atoms with E-state index in [0.717, 1.165) is 12.1 Å². The van der Waals surface area contributed by atoms with Crippen LogP contribution in [0.15, 0.2) is 41.3 Å². The Bertz CT molecular complexity index is 929. The Labute approximate surface area is 138 Å². The molecule has 0 radical (unpaired) electrons. The molecule has 0 atom stereocenters. The van der Waals surface area contributed by atoms with Gasteiger partial charge in [0.25, 0.3) is 10.1 Å². The van der Waals surface area contributed by atoms with Crippen molar-refractivity contribution >= 4 is 22.1 Å². The molecule has 0 amide bonds. The minimum Gasteiger partial charge on any atom is -0.478 e. The summed E-state index contributed by atoms with van der Waals surface area (Å²) in [6, 6.07) is 7.55. The Morgan fingerprint density at radius 2 is 1.67 bits per heavy atom. The number of benzene rings is 2. The summed E-state index contributed by atoms with van der Waals surface area (Å²) in [5.74, 6) is -2.06. The predicted molar refractivity (Wildman–Crippen MR) is 84.1 cm³/mol. The zero-order valence-corrected chi connectivity index (χ0v) is 13.6. The third-order valence-electron chi connectivity index (χ3n) is 3.44. The van der Waals surface area contributed by atoms with E-state index in [1.807, 2.05) is 0 Å². The molecule has 8 heteroatoms. The van der Waals surface area contributed by atoms with Gasteiger partial charge >= 0.3 is 11.9 Å². The van der Waals surface area contributed by atoms with E-state index >= 15 is 0 Å². The van der Waals surface area contributed by atoms with Crippen molar-refractivity contribution in [1.82, 2.24) is 0 Å². The second-order valence-corrected chi connectivity index (χ2v) is 6.54. The van der Waals surface area contributed by atoms with Gasteiger partial charge in [-0.2, -0.15) is 8.42 Å². The van der Waals surface area contributed by atoms with E-state index in [1.54, 1.807) is 13.8 Å². The second kappa shape index (κ2) is 6.42. The molecule has 2 N–H and O–H groups in total. The van der Waals surface area contributed by atoms with Crippen molar-refractivity contribution in [2.45, 2.75) is 18.7 Å². The maximum atomic E-state index is 12.2. The first-order valence-electron chi connectivity index (χ1n) is 6.74. The molecular formula is C16H14O7S. The quantitative estimate of drug-likeness (QED) is 0.494. The number of aryl methyl sites for hydroxylation is 1. The number of ether oxygens (including phenoxy) is 1. The van der Waals surface area contributed by atoms with E-state index in [9.17, 15) is 18.0 Å². The fourth-order valence-corrected chi connectivity index (χ4v) is 2.57. The van der Waals surface area contributed by atoms with Crippen LogP contribution in [-0.2, 0) is 10.1 Å².